The number of benzene rings is 3. The summed E-state index contributed by atoms with van der Waals surface area (Å²) in [7, 11) is -4.93. The number of sulfone groups is 1. The van der Waals surface area contributed by atoms with Crippen LogP contribution in [-0.4, -0.2) is 48.0 Å². The van der Waals surface area contributed by atoms with Crippen molar-refractivity contribution in [2.24, 2.45) is 0 Å². The first-order valence-electron chi connectivity index (χ1n) is 14.7. The molecule has 218 valence electrons. The number of aromatic nitrogens is 1. The Morgan fingerprint density at radius 3 is 2.46 bits per heavy atom. The number of carbonyl (C=O) groups excluding carboxylic acids is 1. The molecule has 0 saturated carbocycles. The number of amides is 1. The molecule has 0 aliphatic rings. The van der Waals surface area contributed by atoms with Crippen LogP contribution in [0.2, 0.25) is 5.02 Å². The van der Waals surface area contributed by atoms with Crippen LogP contribution in [0, 0.1) is 0 Å². The third-order valence-corrected chi connectivity index (χ3v) is 7.93. The van der Waals surface area contributed by atoms with Crippen molar-refractivity contribution < 1.29 is 43.5 Å². The van der Waals surface area contributed by atoms with E-state index in [0.717, 1.165) is 18.2 Å². The Kier molecular flexibility index (Phi) is 7.23. The number of nitrogens with one attached hydrogen (secondary N) is 1. The number of hydrogen-bond acceptors (Lipinski definition) is 5. The first-order valence-corrected chi connectivity index (χ1v) is 14.0. The van der Waals surface area contributed by atoms with Crippen molar-refractivity contribution in [3.8, 4) is 0 Å². The maximum absolute atomic E-state index is 13.7. The molecule has 12 heteroatoms. The first-order chi connectivity index (χ1) is 21.3. The molecule has 1 amide bonds. The Morgan fingerprint density at radius 1 is 1.10 bits per heavy atom. The Bertz CT molecular complexity index is 1860. The zero-order chi connectivity index (χ0) is 34.2. The lowest BCUT2D eigenvalue weighted by molar-refractivity contribution is -0.138. The highest BCUT2D eigenvalue weighted by atomic mass is 35.5. The number of halogens is 4. The highest BCUT2D eigenvalue weighted by Crippen LogP contribution is 2.35. The molecule has 1 heterocycles. The van der Waals surface area contributed by atoms with Gasteiger partial charge in [-0.3, -0.25) is 4.79 Å². The fourth-order valence-electron chi connectivity index (χ4n) is 4.56. The largest absolute Gasteiger partial charge is 0.416 e. The van der Waals surface area contributed by atoms with Gasteiger partial charge in [0.25, 0.3) is 5.91 Å². The maximum Gasteiger partial charge on any atom is 0.416 e. The van der Waals surface area contributed by atoms with Crippen LogP contribution in [0.4, 0.5) is 13.2 Å². The zero-order valence-electron chi connectivity index (χ0n) is 26.2. The van der Waals surface area contributed by atoms with Crippen LogP contribution >= 0.6 is 11.6 Å². The van der Waals surface area contributed by atoms with Gasteiger partial charge in [0, 0.05) is 47.0 Å². The van der Waals surface area contributed by atoms with E-state index in [1.807, 2.05) is 0 Å². The molecule has 0 bridgehead atoms. The average molecular weight is 614 g/mol. The van der Waals surface area contributed by atoms with E-state index < -0.39 is 57.6 Å². The second-order valence-corrected chi connectivity index (χ2v) is 11.3. The van der Waals surface area contributed by atoms with Gasteiger partial charge in [0.2, 0.25) is 0 Å². The lowest BCUT2D eigenvalue weighted by atomic mass is 10.0. The number of aliphatic hydroxyl groups excluding tert-OH is 2. The van der Waals surface area contributed by atoms with Gasteiger partial charge < -0.3 is 20.1 Å². The summed E-state index contributed by atoms with van der Waals surface area (Å²) in [5, 5.41) is 22.6. The minimum atomic E-state index is -4.93. The molecule has 0 radical (unpaired) electrons. The van der Waals surface area contributed by atoms with Gasteiger partial charge in [-0.15, -0.1) is 0 Å². The molecular weight excluding hydrogens is 581 g/mol. The second-order valence-electron chi connectivity index (χ2n) is 9.14. The van der Waals surface area contributed by atoms with Gasteiger partial charge in [-0.05, 0) is 59.7 Å². The number of alkyl halides is 3. The van der Waals surface area contributed by atoms with Crippen LogP contribution in [0.5, 0.6) is 0 Å². The molecule has 1 atom stereocenters. The number of aliphatic hydroxyl groups is 2. The van der Waals surface area contributed by atoms with Gasteiger partial charge in [0.05, 0.1) is 35.4 Å². The summed E-state index contributed by atoms with van der Waals surface area (Å²) in [6.45, 7) is -4.29. The molecule has 0 saturated heterocycles. The fourth-order valence-corrected chi connectivity index (χ4v) is 5.34. The van der Waals surface area contributed by atoms with E-state index in [-0.39, 0.29) is 41.3 Å². The number of fused-ring (bicyclic) bond motifs is 1. The summed E-state index contributed by atoms with van der Waals surface area (Å²) in [5.74, 6) is -0.648. The van der Waals surface area contributed by atoms with Crippen molar-refractivity contribution in [3.63, 3.8) is 0 Å². The van der Waals surface area contributed by atoms with E-state index in [9.17, 15) is 36.6 Å². The molecule has 3 aromatic carbocycles. The standard InChI is InChI=1S/C29H28ClF3N2O5S/c1-2-41(39,40)24-8-4-18(5-9-24)26(17-37)34-28(38)20-6-10-27-21(13-20)15-23(35(27)11-12-36)14-19-3-7-22(30)16-25(19)29(31,32)33/h3-10,13,15-16,26,36-37H,2,11-12,14,17H2,1H3,(H,34,38)/i1D3,2D2. The monoisotopic (exact) mass is 613 g/mol. The van der Waals surface area contributed by atoms with Crippen molar-refractivity contribution in [1.29, 1.82) is 0 Å². The minimum Gasteiger partial charge on any atom is -0.395 e. The smallest absolute Gasteiger partial charge is 0.395 e. The Morgan fingerprint density at radius 2 is 1.83 bits per heavy atom. The summed E-state index contributed by atoms with van der Waals surface area (Å²) >= 11 is 5.81. The number of nitrogens with zero attached hydrogens (tertiary/aromatic N) is 1. The van der Waals surface area contributed by atoms with E-state index in [2.05, 4.69) is 5.32 Å². The fraction of sp³-hybridized carbons (Fsp3) is 0.276. The molecule has 1 unspecified atom stereocenters. The van der Waals surface area contributed by atoms with E-state index in [4.69, 9.17) is 18.5 Å². The van der Waals surface area contributed by atoms with Gasteiger partial charge in [0.15, 0.2) is 9.84 Å². The number of carbonyl (C=O) groups is 1. The predicted octanol–water partition coefficient (Wildman–Crippen LogP) is 5.15. The molecule has 7 nitrogen and oxygen atoms in total. The Labute approximate surface area is 247 Å². The van der Waals surface area contributed by atoms with Gasteiger partial charge >= 0.3 is 6.18 Å². The molecule has 0 aliphatic carbocycles. The molecule has 0 spiro atoms. The summed E-state index contributed by atoms with van der Waals surface area (Å²) in [6, 6.07) is 12.9. The lowest BCUT2D eigenvalue weighted by Crippen LogP contribution is -2.30. The maximum atomic E-state index is 13.7. The number of hydrogen-bond donors (Lipinski definition) is 3. The molecule has 0 aliphatic heterocycles. The van der Waals surface area contributed by atoms with Crippen molar-refractivity contribution in [1.82, 2.24) is 9.88 Å². The van der Waals surface area contributed by atoms with Crippen LogP contribution in [-0.2, 0) is 29.0 Å². The SMILES string of the molecule is [2H]C([2H])([2H])C([2H])([2H])S(=O)(=O)c1ccc(C(CO)NC(=O)c2ccc3c(c2)cc(Cc2ccc(Cl)cc2C(F)(F)F)n3CCO)cc1. The second kappa shape index (κ2) is 12.2. The van der Waals surface area contributed by atoms with Gasteiger partial charge in [-0.2, -0.15) is 13.2 Å². The molecule has 4 aromatic rings. The average Bonchev–Trinajstić information content (AvgIpc) is 3.31. The van der Waals surface area contributed by atoms with Gasteiger partial charge in [0.1, 0.15) is 0 Å². The molecular formula is C29H28ClF3N2O5S. The normalized spacial score (nSPS) is 15.4. The van der Waals surface area contributed by atoms with Crippen LogP contribution in [0.3, 0.4) is 0 Å². The number of rotatable bonds is 10. The summed E-state index contributed by atoms with van der Waals surface area (Å²) < 4.78 is 105. The van der Waals surface area contributed by atoms with Crippen molar-refractivity contribution in [2.75, 3.05) is 18.9 Å². The topological polar surface area (TPSA) is 109 Å². The Balaban J connectivity index is 1.60. The van der Waals surface area contributed by atoms with Crippen molar-refractivity contribution in [2.45, 2.75) is 36.9 Å². The first kappa shape index (κ1) is 24.2. The summed E-state index contributed by atoms with van der Waals surface area (Å²) in [6.07, 6.45) is -4.79. The van der Waals surface area contributed by atoms with Crippen LogP contribution in [0.25, 0.3) is 10.9 Å². The van der Waals surface area contributed by atoms with Crippen molar-refractivity contribution >= 4 is 38.2 Å². The third-order valence-electron chi connectivity index (χ3n) is 6.54. The van der Waals surface area contributed by atoms with Crippen LogP contribution in [0.15, 0.2) is 71.6 Å². The van der Waals surface area contributed by atoms with Gasteiger partial charge in [-0.1, -0.05) is 36.7 Å². The zero-order valence-corrected chi connectivity index (χ0v) is 22.8. The lowest BCUT2D eigenvalue weighted by Gasteiger charge is -2.17. The van der Waals surface area contributed by atoms with E-state index in [0.29, 0.717) is 16.6 Å². The van der Waals surface area contributed by atoms with Crippen LogP contribution < -0.4 is 5.32 Å². The van der Waals surface area contributed by atoms with E-state index >= 15 is 0 Å². The van der Waals surface area contributed by atoms with Crippen LogP contribution in [0.1, 0.15) is 52.5 Å². The minimum absolute atomic E-state index is 0.0315. The van der Waals surface area contributed by atoms with Gasteiger partial charge in [-0.25, -0.2) is 8.42 Å². The molecule has 1 aromatic heterocycles. The predicted molar refractivity (Wildman–Crippen MR) is 150 cm³/mol. The molecule has 3 N–H and O–H groups in total. The highest BCUT2D eigenvalue weighted by Gasteiger charge is 2.33. The summed E-state index contributed by atoms with van der Waals surface area (Å²) in [4.78, 5) is 12.6. The molecule has 4 rings (SSSR count). The van der Waals surface area contributed by atoms with E-state index in [1.165, 1.54) is 36.4 Å². The van der Waals surface area contributed by atoms with E-state index in [1.54, 1.807) is 16.7 Å². The van der Waals surface area contributed by atoms with Crippen molar-refractivity contribution in [3.05, 3.63) is 99.7 Å². The molecule has 0 fully saturated rings. The summed E-state index contributed by atoms with van der Waals surface area (Å²) in [5.41, 5.74) is -3.11. The quantitative estimate of drug-likeness (QED) is 0.229. The third kappa shape index (κ3) is 6.75. The molecule has 41 heavy (non-hydrogen) atoms. The highest BCUT2D eigenvalue weighted by molar-refractivity contribution is 7.91. The Hall–Kier alpha value is -3.38.